The van der Waals surface area contributed by atoms with Crippen molar-refractivity contribution in [2.24, 2.45) is 0 Å². The molecule has 1 fully saturated rings. The molecule has 142 valence electrons. The van der Waals surface area contributed by atoms with Gasteiger partial charge in [-0.15, -0.1) is 0 Å². The number of benzene rings is 1. The highest BCUT2D eigenvalue weighted by atomic mass is 16.7. The normalized spacial score (nSPS) is 28.1. The second-order valence-corrected chi connectivity index (χ2v) is 5.48. The molecule has 0 aliphatic carbocycles. The summed E-state index contributed by atoms with van der Waals surface area (Å²) in [6.45, 7) is 1.19. The number of aliphatic hydroxyl groups excluding tert-OH is 3. The quantitative estimate of drug-likeness (QED) is 0.319. The van der Waals surface area contributed by atoms with Gasteiger partial charge < -0.3 is 29.9 Å². The molecule has 0 bridgehead atoms. The topological polar surface area (TPSA) is 175 Å². The maximum atomic E-state index is 12.1. The van der Waals surface area contributed by atoms with E-state index < -0.39 is 48.5 Å². The van der Waals surface area contributed by atoms with Crippen LogP contribution in [0.25, 0.3) is 0 Å². The van der Waals surface area contributed by atoms with Gasteiger partial charge in [-0.3, -0.25) is 20.4 Å². The van der Waals surface area contributed by atoms with Crippen LogP contribution in [0.15, 0.2) is 24.3 Å². The summed E-state index contributed by atoms with van der Waals surface area (Å²) in [6.07, 6.45) is -8.97. The van der Waals surface area contributed by atoms with Gasteiger partial charge in [-0.1, -0.05) is 12.1 Å². The van der Waals surface area contributed by atoms with E-state index in [1.807, 2.05) is 0 Å². The minimum absolute atomic E-state index is 0.0514. The molecule has 2 rings (SSSR count). The van der Waals surface area contributed by atoms with Gasteiger partial charge >= 0.3 is 5.97 Å². The maximum absolute atomic E-state index is 12.1. The molecule has 5 atom stereocenters. The molecule has 1 aromatic carbocycles. The molecule has 5 unspecified atom stereocenters. The Hall–Kier alpha value is -2.73. The summed E-state index contributed by atoms with van der Waals surface area (Å²) in [7, 11) is 0. The van der Waals surface area contributed by atoms with Crippen molar-refractivity contribution in [3.8, 4) is 5.75 Å². The van der Waals surface area contributed by atoms with Crippen molar-refractivity contribution in [2.75, 3.05) is 0 Å². The first-order chi connectivity index (χ1) is 12.2. The number of rotatable bonds is 4. The van der Waals surface area contributed by atoms with Crippen molar-refractivity contribution in [2.45, 2.75) is 37.6 Å². The van der Waals surface area contributed by atoms with Crippen LogP contribution in [0, 0.1) is 0 Å². The molecule has 6 N–H and O–H groups in total. The summed E-state index contributed by atoms with van der Waals surface area (Å²) in [5.41, 5.74) is 4.17. The number of aliphatic hydroxyl groups is 3. The summed E-state index contributed by atoms with van der Waals surface area (Å²) in [6, 6.07) is 5.69. The van der Waals surface area contributed by atoms with Crippen molar-refractivity contribution in [1.29, 1.82) is 0 Å². The smallest absolute Gasteiger partial charge is 0.335 e. The van der Waals surface area contributed by atoms with E-state index in [9.17, 15) is 29.7 Å². The lowest BCUT2D eigenvalue weighted by atomic mass is 9.99. The zero-order valence-corrected chi connectivity index (χ0v) is 13.5. The third-order valence-electron chi connectivity index (χ3n) is 3.54. The Kier molecular flexibility index (Phi) is 6.10. The summed E-state index contributed by atoms with van der Waals surface area (Å²) >= 11 is 0. The van der Waals surface area contributed by atoms with Crippen LogP contribution >= 0.6 is 0 Å². The molecule has 1 saturated heterocycles. The summed E-state index contributed by atoms with van der Waals surface area (Å²) in [4.78, 5) is 34.1. The molecular formula is C15H18N2O9. The first-order valence-corrected chi connectivity index (χ1v) is 7.47. The van der Waals surface area contributed by atoms with Crippen molar-refractivity contribution < 1.29 is 44.3 Å². The summed E-state index contributed by atoms with van der Waals surface area (Å²) in [5, 5.41) is 38.4. The fraction of sp³-hybridized carbons (Fsp3) is 0.400. The Morgan fingerprint density at radius 2 is 1.69 bits per heavy atom. The van der Waals surface area contributed by atoms with Crippen LogP contribution in [0.5, 0.6) is 5.75 Å². The van der Waals surface area contributed by atoms with Crippen molar-refractivity contribution in [3.05, 3.63) is 29.8 Å². The van der Waals surface area contributed by atoms with Gasteiger partial charge in [-0.05, 0) is 12.1 Å². The minimum atomic E-state index is -1.86. The van der Waals surface area contributed by atoms with E-state index in [2.05, 4.69) is 10.9 Å². The molecule has 1 aliphatic heterocycles. The van der Waals surface area contributed by atoms with Crippen LogP contribution in [-0.2, 0) is 14.3 Å². The average Bonchev–Trinajstić information content (AvgIpc) is 2.60. The zero-order valence-electron chi connectivity index (χ0n) is 13.5. The van der Waals surface area contributed by atoms with Gasteiger partial charge in [0.2, 0.25) is 12.2 Å². The highest BCUT2D eigenvalue weighted by molar-refractivity contribution is 5.97. The lowest BCUT2D eigenvalue weighted by Gasteiger charge is -2.38. The van der Waals surface area contributed by atoms with Gasteiger partial charge in [-0.2, -0.15) is 0 Å². The second-order valence-electron chi connectivity index (χ2n) is 5.48. The van der Waals surface area contributed by atoms with E-state index >= 15 is 0 Å². The number of carbonyl (C=O) groups excluding carboxylic acids is 2. The monoisotopic (exact) mass is 370 g/mol. The van der Waals surface area contributed by atoms with Gasteiger partial charge in [0.25, 0.3) is 5.91 Å². The Bertz CT molecular complexity index is 695. The Balaban J connectivity index is 2.20. The van der Waals surface area contributed by atoms with E-state index in [4.69, 9.17) is 14.6 Å². The number of hydrazine groups is 1. The highest BCUT2D eigenvalue weighted by Gasteiger charge is 2.48. The van der Waals surface area contributed by atoms with Crippen molar-refractivity contribution >= 4 is 17.8 Å². The number of ether oxygens (including phenoxy) is 2. The number of carboxylic acids is 1. The zero-order chi connectivity index (χ0) is 19.4. The molecule has 1 aliphatic rings. The number of amides is 2. The van der Waals surface area contributed by atoms with Crippen LogP contribution in [0.2, 0.25) is 0 Å². The SMILES string of the molecule is CC(=O)NNC(=O)c1ccccc1OC1OC(C(=O)O)C(O)C(O)C1O. The van der Waals surface area contributed by atoms with Crippen LogP contribution in [0.4, 0.5) is 0 Å². The van der Waals surface area contributed by atoms with E-state index in [-0.39, 0.29) is 11.3 Å². The lowest BCUT2D eigenvalue weighted by Crippen LogP contribution is -2.61. The Labute approximate surface area is 147 Å². The molecule has 0 spiro atoms. The largest absolute Gasteiger partial charge is 0.479 e. The molecule has 1 aromatic rings. The highest BCUT2D eigenvalue weighted by Crippen LogP contribution is 2.26. The van der Waals surface area contributed by atoms with E-state index in [0.29, 0.717) is 0 Å². The summed E-state index contributed by atoms with van der Waals surface area (Å²) < 4.78 is 10.3. The number of hydrogen-bond acceptors (Lipinski definition) is 8. The van der Waals surface area contributed by atoms with Gasteiger partial charge in [0.15, 0.2) is 6.10 Å². The molecule has 0 radical (unpaired) electrons. The number of hydrogen-bond donors (Lipinski definition) is 6. The average molecular weight is 370 g/mol. The first-order valence-electron chi connectivity index (χ1n) is 7.47. The lowest BCUT2D eigenvalue weighted by molar-refractivity contribution is -0.271. The molecule has 2 amide bonds. The molecule has 11 heteroatoms. The maximum Gasteiger partial charge on any atom is 0.335 e. The van der Waals surface area contributed by atoms with Crippen LogP contribution < -0.4 is 15.6 Å². The van der Waals surface area contributed by atoms with E-state index in [0.717, 1.165) is 0 Å². The molecule has 26 heavy (non-hydrogen) atoms. The van der Waals surface area contributed by atoms with Gasteiger partial charge in [-0.25, -0.2) is 4.79 Å². The number of carbonyl (C=O) groups is 3. The van der Waals surface area contributed by atoms with Crippen LogP contribution in [0.3, 0.4) is 0 Å². The number of para-hydroxylation sites is 1. The molecule has 1 heterocycles. The van der Waals surface area contributed by atoms with E-state index in [1.54, 1.807) is 0 Å². The Morgan fingerprint density at radius 1 is 1.04 bits per heavy atom. The van der Waals surface area contributed by atoms with Crippen LogP contribution in [-0.4, -0.2) is 68.9 Å². The van der Waals surface area contributed by atoms with Crippen LogP contribution in [0.1, 0.15) is 17.3 Å². The molecular weight excluding hydrogens is 352 g/mol. The second kappa shape index (κ2) is 8.10. The number of carboxylic acid groups (broad SMARTS) is 1. The predicted molar refractivity (Wildman–Crippen MR) is 82.7 cm³/mol. The minimum Gasteiger partial charge on any atom is -0.479 e. The first kappa shape index (κ1) is 19.6. The fourth-order valence-corrected chi connectivity index (χ4v) is 2.24. The van der Waals surface area contributed by atoms with Crippen molar-refractivity contribution in [1.82, 2.24) is 10.9 Å². The molecule has 0 aromatic heterocycles. The third-order valence-corrected chi connectivity index (χ3v) is 3.54. The predicted octanol–water partition coefficient (Wildman–Crippen LogP) is -2.26. The van der Waals surface area contributed by atoms with Gasteiger partial charge in [0.05, 0.1) is 5.56 Å². The molecule has 11 nitrogen and oxygen atoms in total. The number of aliphatic carboxylic acids is 1. The standard InChI is InChI=1S/C15H18N2O9/c1-6(18)16-17-13(22)7-4-2-3-5-8(7)25-15-11(21)9(19)10(20)12(26-15)14(23)24/h2-5,9-12,15,19-21H,1H3,(H,16,18)(H,17,22)(H,23,24). The third kappa shape index (κ3) is 4.26. The van der Waals surface area contributed by atoms with Crippen molar-refractivity contribution in [3.63, 3.8) is 0 Å². The molecule has 0 saturated carbocycles. The van der Waals surface area contributed by atoms with Gasteiger partial charge in [0, 0.05) is 6.92 Å². The summed E-state index contributed by atoms with van der Waals surface area (Å²) in [5.74, 6) is -2.92. The van der Waals surface area contributed by atoms with Gasteiger partial charge in [0.1, 0.15) is 24.1 Å². The fourth-order valence-electron chi connectivity index (χ4n) is 2.24. The number of nitrogens with one attached hydrogen (secondary N) is 2. The van der Waals surface area contributed by atoms with E-state index in [1.165, 1.54) is 31.2 Å². The Morgan fingerprint density at radius 3 is 2.31 bits per heavy atom.